The lowest BCUT2D eigenvalue weighted by atomic mass is 10.00. The van der Waals surface area contributed by atoms with Crippen LogP contribution in [-0.2, 0) is 0 Å². The minimum Gasteiger partial charge on any atom is -0.391 e. The van der Waals surface area contributed by atoms with E-state index in [1.807, 2.05) is 38.1 Å². The van der Waals surface area contributed by atoms with Gasteiger partial charge in [-0.3, -0.25) is 10.3 Å². The van der Waals surface area contributed by atoms with Crippen LogP contribution in [0.15, 0.2) is 53.0 Å². The summed E-state index contributed by atoms with van der Waals surface area (Å²) in [6, 6.07) is 15.3. The van der Waals surface area contributed by atoms with Crippen molar-refractivity contribution in [3.05, 3.63) is 53.0 Å². The number of halogens is 1. The summed E-state index contributed by atoms with van der Waals surface area (Å²) in [5, 5.41) is 20.5. The van der Waals surface area contributed by atoms with E-state index in [0.717, 1.165) is 42.7 Å². The van der Waals surface area contributed by atoms with Crippen molar-refractivity contribution in [2.24, 2.45) is 5.92 Å². The molecule has 0 saturated carbocycles. The predicted molar refractivity (Wildman–Crippen MR) is 135 cm³/mol. The molecular weight excluding hydrogens is 470 g/mol. The van der Waals surface area contributed by atoms with Crippen LogP contribution < -0.4 is 20.0 Å². The topological polar surface area (TPSA) is 82.9 Å². The average Bonchev–Trinajstić information content (AvgIpc) is 2.79. The zero-order valence-electron chi connectivity index (χ0n) is 18.8. The van der Waals surface area contributed by atoms with Gasteiger partial charge < -0.3 is 20.2 Å². The Balaban J connectivity index is 1.62. The Morgan fingerprint density at radius 2 is 1.47 bits per heavy atom. The van der Waals surface area contributed by atoms with Crippen molar-refractivity contribution in [3.63, 3.8) is 0 Å². The lowest BCUT2D eigenvalue weighted by molar-refractivity contribution is 0.125. The van der Waals surface area contributed by atoms with Crippen LogP contribution in [-0.4, -0.2) is 55.8 Å². The third-order valence-electron chi connectivity index (χ3n) is 5.84. The fourth-order valence-electron chi connectivity index (χ4n) is 4.01. The maximum absolute atomic E-state index is 12.7. The van der Waals surface area contributed by atoms with Gasteiger partial charge in [-0.2, -0.15) is 0 Å². The first-order valence-corrected chi connectivity index (χ1v) is 11.7. The number of carbonyl (C=O) groups is 1. The highest BCUT2D eigenvalue weighted by atomic mass is 79.9. The first kappa shape index (κ1) is 24.1. The van der Waals surface area contributed by atoms with E-state index in [1.54, 1.807) is 6.92 Å². The highest BCUT2D eigenvalue weighted by molar-refractivity contribution is 9.10. The molecule has 0 radical (unpaired) electrons. The van der Waals surface area contributed by atoms with E-state index in [9.17, 15) is 9.90 Å². The van der Waals surface area contributed by atoms with Crippen molar-refractivity contribution in [1.29, 1.82) is 5.41 Å². The molecule has 2 aromatic rings. The molecule has 3 rings (SSSR count). The molecule has 172 valence electrons. The third-order valence-corrected chi connectivity index (χ3v) is 6.37. The van der Waals surface area contributed by atoms with Crippen LogP contribution in [0.3, 0.4) is 0 Å². The molecule has 0 aliphatic carbocycles. The largest absolute Gasteiger partial charge is 0.391 e. The molecule has 7 nitrogen and oxygen atoms in total. The van der Waals surface area contributed by atoms with Crippen LogP contribution in [0.4, 0.5) is 21.9 Å². The number of aliphatic hydroxyl groups is 1. The molecule has 2 amide bonds. The van der Waals surface area contributed by atoms with Crippen LogP contribution in [0.25, 0.3) is 0 Å². The number of hydrogen-bond donors (Lipinski definition) is 3. The first-order valence-electron chi connectivity index (χ1n) is 10.9. The molecule has 2 aromatic carbocycles. The van der Waals surface area contributed by atoms with Gasteiger partial charge in [0.25, 0.3) is 0 Å². The molecule has 1 aliphatic heterocycles. The molecule has 1 fully saturated rings. The number of hydrogen-bond acceptors (Lipinski definition) is 5. The van der Waals surface area contributed by atoms with Crippen LogP contribution in [0.5, 0.6) is 0 Å². The molecule has 3 N–H and O–H groups in total. The zero-order valence-corrected chi connectivity index (χ0v) is 20.4. The Hall–Kier alpha value is -2.58. The molecule has 1 aliphatic rings. The summed E-state index contributed by atoms with van der Waals surface area (Å²) in [7, 11) is 0. The number of rotatable bonds is 7. The Bertz CT molecular complexity index is 886. The van der Waals surface area contributed by atoms with Crippen molar-refractivity contribution < 1.29 is 9.90 Å². The zero-order chi connectivity index (χ0) is 23.3. The van der Waals surface area contributed by atoms with Gasteiger partial charge in [0, 0.05) is 42.0 Å². The molecule has 2 atom stereocenters. The fourth-order valence-corrected chi connectivity index (χ4v) is 4.27. The Morgan fingerprint density at radius 1 is 1.00 bits per heavy atom. The summed E-state index contributed by atoms with van der Waals surface area (Å²) in [5.41, 5.74) is 2.94. The molecule has 1 saturated heterocycles. The van der Waals surface area contributed by atoms with Gasteiger partial charge in [0.05, 0.1) is 24.2 Å². The number of nitrogens with one attached hydrogen (secondary N) is 2. The van der Waals surface area contributed by atoms with Gasteiger partial charge in [-0.15, -0.1) is 0 Å². The van der Waals surface area contributed by atoms with E-state index in [2.05, 4.69) is 55.3 Å². The molecule has 0 aromatic heterocycles. The number of anilines is 3. The lowest BCUT2D eigenvalue weighted by Crippen LogP contribution is -2.50. The van der Waals surface area contributed by atoms with Crippen molar-refractivity contribution in [3.8, 4) is 0 Å². The van der Waals surface area contributed by atoms with E-state index in [1.165, 1.54) is 10.6 Å². The summed E-state index contributed by atoms with van der Waals surface area (Å²) in [4.78, 5) is 18.7. The van der Waals surface area contributed by atoms with E-state index in [4.69, 9.17) is 5.41 Å². The quantitative estimate of drug-likeness (QED) is 0.390. The van der Waals surface area contributed by atoms with Gasteiger partial charge in [0.2, 0.25) is 0 Å². The molecule has 0 spiro atoms. The van der Waals surface area contributed by atoms with Crippen molar-refractivity contribution in [2.75, 3.05) is 40.9 Å². The van der Waals surface area contributed by atoms with Crippen LogP contribution in [0.2, 0.25) is 0 Å². The van der Waals surface area contributed by atoms with Crippen molar-refractivity contribution in [2.45, 2.75) is 32.9 Å². The van der Waals surface area contributed by atoms with Crippen LogP contribution in [0.1, 0.15) is 20.8 Å². The monoisotopic (exact) mass is 501 g/mol. The van der Waals surface area contributed by atoms with Crippen molar-refractivity contribution in [1.82, 2.24) is 5.32 Å². The van der Waals surface area contributed by atoms with Gasteiger partial charge in [-0.05, 0) is 61.4 Å². The maximum Gasteiger partial charge on any atom is 0.327 e. The first-order chi connectivity index (χ1) is 15.3. The predicted octanol–water partition coefficient (Wildman–Crippen LogP) is 4.30. The summed E-state index contributed by atoms with van der Waals surface area (Å²) in [5.74, 6) is 0.0741. The Labute approximate surface area is 198 Å². The molecule has 2 unspecified atom stereocenters. The second kappa shape index (κ2) is 10.8. The SMILES string of the molecule is CC(C)C(NC(=O)N(C=N)c1ccc(N2CCN(c3ccc(Br)cc3)CC2)cc1)C(C)O. The average molecular weight is 502 g/mol. The van der Waals surface area contributed by atoms with Gasteiger partial charge in [-0.25, -0.2) is 4.79 Å². The molecular formula is C24H32BrN5O2. The number of urea groups is 1. The third kappa shape index (κ3) is 5.81. The summed E-state index contributed by atoms with van der Waals surface area (Å²) in [6.45, 7) is 9.24. The van der Waals surface area contributed by atoms with E-state index < -0.39 is 12.1 Å². The highest BCUT2D eigenvalue weighted by Gasteiger charge is 2.24. The number of aliphatic hydroxyl groups excluding tert-OH is 1. The Kier molecular flexibility index (Phi) is 8.15. The standard InChI is InChI=1S/C24H32BrN5O2/c1-17(2)23(18(3)31)27-24(32)30(16-26)22-10-8-21(9-11-22)29-14-12-28(13-15-29)20-6-4-19(25)5-7-20/h4-11,16-18,23,26,31H,12-15H2,1-3H3,(H,27,32). The second-order valence-corrected chi connectivity index (χ2v) is 9.34. The van der Waals surface area contributed by atoms with Crippen molar-refractivity contribution >= 4 is 45.4 Å². The lowest BCUT2D eigenvalue weighted by Gasteiger charge is -2.37. The summed E-state index contributed by atoms with van der Waals surface area (Å²) >= 11 is 3.48. The van der Waals surface area contributed by atoms with E-state index >= 15 is 0 Å². The summed E-state index contributed by atoms with van der Waals surface area (Å²) in [6.07, 6.45) is 0.325. The number of benzene rings is 2. The number of piperazine rings is 1. The maximum atomic E-state index is 12.7. The minimum atomic E-state index is -0.676. The Morgan fingerprint density at radius 3 is 1.88 bits per heavy atom. The number of carbonyl (C=O) groups excluding carboxylic acids is 1. The van der Waals surface area contributed by atoms with Gasteiger partial charge in [0.15, 0.2) is 0 Å². The molecule has 8 heteroatoms. The summed E-state index contributed by atoms with van der Waals surface area (Å²) < 4.78 is 1.08. The number of amides is 2. The normalized spacial score (nSPS) is 15.9. The van der Waals surface area contributed by atoms with E-state index in [-0.39, 0.29) is 12.0 Å². The molecule has 32 heavy (non-hydrogen) atoms. The van der Waals surface area contributed by atoms with E-state index in [0.29, 0.717) is 5.69 Å². The van der Waals surface area contributed by atoms with Crippen LogP contribution in [0, 0.1) is 11.3 Å². The minimum absolute atomic E-state index is 0.0741. The van der Waals surface area contributed by atoms with Gasteiger partial charge in [0.1, 0.15) is 0 Å². The number of nitrogens with zero attached hydrogens (tertiary/aromatic N) is 3. The fraction of sp³-hybridized carbons (Fsp3) is 0.417. The molecule has 0 bridgehead atoms. The molecule has 1 heterocycles. The second-order valence-electron chi connectivity index (χ2n) is 8.43. The smallest absolute Gasteiger partial charge is 0.327 e. The highest BCUT2D eigenvalue weighted by Crippen LogP contribution is 2.24. The van der Waals surface area contributed by atoms with Crippen LogP contribution >= 0.6 is 15.9 Å². The van der Waals surface area contributed by atoms with Gasteiger partial charge in [-0.1, -0.05) is 29.8 Å². The van der Waals surface area contributed by atoms with Gasteiger partial charge >= 0.3 is 6.03 Å².